The van der Waals surface area contributed by atoms with Crippen molar-refractivity contribution in [2.45, 2.75) is 5.75 Å². The number of hydrogen-bond donors (Lipinski definition) is 1. The molecule has 3 nitrogen and oxygen atoms in total. The van der Waals surface area contributed by atoms with Gasteiger partial charge in [-0.05, 0) is 24.3 Å². The second-order valence-electron chi connectivity index (χ2n) is 3.75. The molecule has 2 rings (SSSR count). The van der Waals surface area contributed by atoms with E-state index in [1.54, 1.807) is 12.3 Å². The molecule has 6 heteroatoms. The van der Waals surface area contributed by atoms with E-state index in [9.17, 15) is 13.6 Å². The minimum absolute atomic E-state index is 0.208. The predicted octanol–water partition coefficient (Wildman–Crippen LogP) is 3.43. The van der Waals surface area contributed by atoms with Gasteiger partial charge >= 0.3 is 0 Å². The van der Waals surface area contributed by atoms with Gasteiger partial charge in [0.2, 0.25) is 5.91 Å². The molecule has 0 aliphatic carbocycles. The smallest absolute Gasteiger partial charge is 0.234 e. The van der Waals surface area contributed by atoms with Crippen LogP contribution in [0.25, 0.3) is 0 Å². The molecule has 0 radical (unpaired) electrons. The summed E-state index contributed by atoms with van der Waals surface area (Å²) in [7, 11) is 0. The van der Waals surface area contributed by atoms with Crippen LogP contribution in [0.3, 0.4) is 0 Å². The van der Waals surface area contributed by atoms with E-state index in [0.29, 0.717) is 5.75 Å². The van der Waals surface area contributed by atoms with E-state index in [4.69, 9.17) is 4.42 Å². The van der Waals surface area contributed by atoms with Crippen molar-refractivity contribution in [3.63, 3.8) is 0 Å². The van der Waals surface area contributed by atoms with E-state index < -0.39 is 11.6 Å². The summed E-state index contributed by atoms with van der Waals surface area (Å²) in [5.74, 6) is -0.628. The van der Waals surface area contributed by atoms with Crippen molar-refractivity contribution in [3.8, 4) is 0 Å². The normalized spacial score (nSPS) is 10.4. The highest BCUT2D eigenvalue weighted by Crippen LogP contribution is 2.15. The van der Waals surface area contributed by atoms with Crippen molar-refractivity contribution in [2.24, 2.45) is 0 Å². The van der Waals surface area contributed by atoms with Gasteiger partial charge in [0.15, 0.2) is 11.6 Å². The third kappa shape index (κ3) is 4.10. The molecule has 0 saturated carbocycles. The maximum absolute atomic E-state index is 12.9. The third-order valence-corrected chi connectivity index (χ3v) is 3.22. The number of carbonyl (C=O) groups is 1. The lowest BCUT2D eigenvalue weighted by Crippen LogP contribution is -2.14. The van der Waals surface area contributed by atoms with Gasteiger partial charge in [-0.15, -0.1) is 11.8 Å². The number of hydrogen-bond acceptors (Lipinski definition) is 3. The van der Waals surface area contributed by atoms with Crippen molar-refractivity contribution < 1.29 is 18.0 Å². The molecule has 0 aliphatic rings. The SMILES string of the molecule is O=C(CSCc1ccco1)Nc1ccc(F)c(F)c1. The van der Waals surface area contributed by atoms with E-state index in [1.165, 1.54) is 17.8 Å². The second kappa shape index (κ2) is 6.38. The highest BCUT2D eigenvalue weighted by Gasteiger charge is 2.07. The zero-order chi connectivity index (χ0) is 13.7. The number of anilines is 1. The van der Waals surface area contributed by atoms with Crippen LogP contribution in [0.4, 0.5) is 14.5 Å². The molecule has 1 heterocycles. The van der Waals surface area contributed by atoms with Crippen LogP contribution in [-0.4, -0.2) is 11.7 Å². The van der Waals surface area contributed by atoms with Gasteiger partial charge in [0.25, 0.3) is 0 Å². The molecule has 0 spiro atoms. The fraction of sp³-hybridized carbons (Fsp3) is 0.154. The van der Waals surface area contributed by atoms with E-state index >= 15 is 0 Å². The van der Waals surface area contributed by atoms with Crippen LogP contribution in [0, 0.1) is 11.6 Å². The molecule has 2 aromatic rings. The molecule has 0 fully saturated rings. The Kier molecular flexibility index (Phi) is 4.57. The van der Waals surface area contributed by atoms with Crippen molar-refractivity contribution in [1.82, 2.24) is 0 Å². The molecule has 0 bridgehead atoms. The van der Waals surface area contributed by atoms with Gasteiger partial charge in [-0.3, -0.25) is 4.79 Å². The molecule has 1 aromatic carbocycles. The second-order valence-corrected chi connectivity index (χ2v) is 4.73. The summed E-state index contributed by atoms with van der Waals surface area (Å²) < 4.78 is 30.7. The number of amides is 1. The number of furan rings is 1. The van der Waals surface area contributed by atoms with Gasteiger partial charge in [0, 0.05) is 11.8 Å². The van der Waals surface area contributed by atoms with Gasteiger partial charge < -0.3 is 9.73 Å². The molecular weight excluding hydrogens is 272 g/mol. The number of rotatable bonds is 5. The van der Waals surface area contributed by atoms with Gasteiger partial charge in [-0.1, -0.05) is 0 Å². The quantitative estimate of drug-likeness (QED) is 0.914. The van der Waals surface area contributed by atoms with Crippen LogP contribution < -0.4 is 5.32 Å². The molecule has 0 atom stereocenters. The average Bonchev–Trinajstić information content (AvgIpc) is 2.87. The molecule has 0 aliphatic heterocycles. The lowest BCUT2D eigenvalue weighted by molar-refractivity contribution is -0.113. The first-order chi connectivity index (χ1) is 9.15. The maximum atomic E-state index is 12.9. The van der Waals surface area contributed by atoms with E-state index in [-0.39, 0.29) is 17.3 Å². The Bertz CT molecular complexity index is 558. The molecule has 0 saturated heterocycles. The van der Waals surface area contributed by atoms with Crippen LogP contribution in [0.1, 0.15) is 5.76 Å². The van der Waals surface area contributed by atoms with E-state index in [1.807, 2.05) is 6.07 Å². The van der Waals surface area contributed by atoms with Crippen LogP contribution >= 0.6 is 11.8 Å². The molecular formula is C13H11F2NO2S. The van der Waals surface area contributed by atoms with Crippen LogP contribution in [0.5, 0.6) is 0 Å². The summed E-state index contributed by atoms with van der Waals surface area (Å²) in [4.78, 5) is 11.6. The Hall–Kier alpha value is -1.82. The lowest BCUT2D eigenvalue weighted by atomic mass is 10.3. The maximum Gasteiger partial charge on any atom is 0.234 e. The highest BCUT2D eigenvalue weighted by atomic mass is 32.2. The van der Waals surface area contributed by atoms with Gasteiger partial charge in [0.1, 0.15) is 5.76 Å². The summed E-state index contributed by atoms with van der Waals surface area (Å²) in [5, 5.41) is 2.49. The molecule has 1 N–H and O–H groups in total. The minimum atomic E-state index is -0.985. The van der Waals surface area contributed by atoms with Crippen molar-refractivity contribution in [1.29, 1.82) is 0 Å². The highest BCUT2D eigenvalue weighted by molar-refractivity contribution is 7.99. The number of halogens is 2. The first-order valence-corrected chi connectivity index (χ1v) is 6.65. The first kappa shape index (κ1) is 13.6. The predicted molar refractivity (Wildman–Crippen MR) is 69.9 cm³/mol. The first-order valence-electron chi connectivity index (χ1n) is 5.50. The lowest BCUT2D eigenvalue weighted by Gasteiger charge is -2.05. The Morgan fingerprint density at radius 3 is 2.79 bits per heavy atom. The Labute approximate surface area is 113 Å². The average molecular weight is 283 g/mol. The number of thioether (sulfide) groups is 1. The van der Waals surface area contributed by atoms with E-state index in [0.717, 1.165) is 17.9 Å². The molecule has 1 amide bonds. The largest absolute Gasteiger partial charge is 0.468 e. The van der Waals surface area contributed by atoms with Gasteiger partial charge in [-0.25, -0.2) is 8.78 Å². The van der Waals surface area contributed by atoms with Crippen molar-refractivity contribution >= 4 is 23.4 Å². The Balaban J connectivity index is 1.79. The summed E-state index contributed by atoms with van der Waals surface area (Å²) in [6, 6.07) is 6.83. The van der Waals surface area contributed by atoms with Crippen molar-refractivity contribution in [2.75, 3.05) is 11.1 Å². The summed E-state index contributed by atoms with van der Waals surface area (Å²) in [6.45, 7) is 0. The fourth-order valence-electron chi connectivity index (χ4n) is 1.41. The third-order valence-electron chi connectivity index (χ3n) is 2.26. The van der Waals surface area contributed by atoms with E-state index in [2.05, 4.69) is 5.32 Å². The summed E-state index contributed by atoms with van der Waals surface area (Å²) in [6.07, 6.45) is 1.57. The monoisotopic (exact) mass is 283 g/mol. The molecule has 100 valence electrons. The fourth-order valence-corrected chi connectivity index (χ4v) is 2.14. The topological polar surface area (TPSA) is 42.2 Å². The Morgan fingerprint density at radius 2 is 2.11 bits per heavy atom. The zero-order valence-corrected chi connectivity index (χ0v) is 10.7. The Morgan fingerprint density at radius 1 is 1.26 bits per heavy atom. The van der Waals surface area contributed by atoms with Gasteiger partial charge in [0.05, 0.1) is 17.8 Å². The summed E-state index contributed by atoms with van der Waals surface area (Å²) >= 11 is 1.37. The minimum Gasteiger partial charge on any atom is -0.468 e. The standard InChI is InChI=1S/C13H11F2NO2S/c14-11-4-3-9(6-12(11)15)16-13(17)8-19-7-10-2-1-5-18-10/h1-6H,7-8H2,(H,16,17). The zero-order valence-electron chi connectivity index (χ0n) is 9.86. The molecule has 0 unspecified atom stereocenters. The van der Waals surface area contributed by atoms with Crippen LogP contribution in [-0.2, 0) is 10.5 Å². The van der Waals surface area contributed by atoms with Gasteiger partial charge in [-0.2, -0.15) is 0 Å². The van der Waals surface area contributed by atoms with Crippen molar-refractivity contribution in [3.05, 3.63) is 54.0 Å². The molecule has 1 aromatic heterocycles. The summed E-state index contributed by atoms with van der Waals surface area (Å²) in [5.41, 5.74) is 0.238. The molecule has 19 heavy (non-hydrogen) atoms. The number of carbonyl (C=O) groups excluding carboxylic acids is 1. The number of benzene rings is 1. The number of nitrogens with one attached hydrogen (secondary N) is 1. The van der Waals surface area contributed by atoms with Crippen LogP contribution in [0.2, 0.25) is 0 Å². The van der Waals surface area contributed by atoms with Crippen LogP contribution in [0.15, 0.2) is 41.0 Å².